The second kappa shape index (κ2) is 3.57. The van der Waals surface area contributed by atoms with Gasteiger partial charge in [0, 0.05) is 0 Å². The van der Waals surface area contributed by atoms with Crippen molar-refractivity contribution in [1.29, 1.82) is 5.26 Å². The van der Waals surface area contributed by atoms with Crippen LogP contribution in [0.4, 0.5) is 4.39 Å². The molecule has 0 amide bonds. The summed E-state index contributed by atoms with van der Waals surface area (Å²) in [5, 5.41) is 9.45. The van der Waals surface area contributed by atoms with Crippen molar-refractivity contribution in [2.24, 2.45) is 5.41 Å². The summed E-state index contributed by atoms with van der Waals surface area (Å²) in [5.41, 5.74) is 0.867. The van der Waals surface area contributed by atoms with Crippen LogP contribution in [0.15, 0.2) is 24.3 Å². The van der Waals surface area contributed by atoms with Crippen molar-refractivity contribution < 1.29 is 4.39 Å². The van der Waals surface area contributed by atoms with Crippen LogP contribution >= 0.6 is 0 Å². The highest BCUT2D eigenvalue weighted by molar-refractivity contribution is 5.38. The van der Waals surface area contributed by atoms with Gasteiger partial charge in [0.05, 0.1) is 11.5 Å². The van der Waals surface area contributed by atoms with E-state index in [9.17, 15) is 9.65 Å². The van der Waals surface area contributed by atoms with Gasteiger partial charge >= 0.3 is 0 Å². The van der Waals surface area contributed by atoms with E-state index in [1.807, 2.05) is 6.07 Å². The largest absolute Gasteiger partial charge is 0.207 e. The first-order valence-corrected chi connectivity index (χ1v) is 6.36. The van der Waals surface area contributed by atoms with E-state index in [0.717, 1.165) is 18.4 Å². The lowest BCUT2D eigenvalue weighted by Gasteiger charge is -2.51. The SMILES string of the molecule is N#CC1(c2cccc(F)c2)CC2(CCCC2)C1. The van der Waals surface area contributed by atoms with Crippen LogP contribution in [0.2, 0.25) is 0 Å². The Morgan fingerprint density at radius 3 is 2.47 bits per heavy atom. The number of hydrogen-bond acceptors (Lipinski definition) is 1. The summed E-state index contributed by atoms with van der Waals surface area (Å²) < 4.78 is 13.3. The maximum atomic E-state index is 13.3. The van der Waals surface area contributed by atoms with Crippen molar-refractivity contribution in [3.63, 3.8) is 0 Å². The van der Waals surface area contributed by atoms with Crippen LogP contribution < -0.4 is 0 Å². The molecular formula is C15H16FN. The molecule has 1 spiro atoms. The molecule has 2 aliphatic carbocycles. The van der Waals surface area contributed by atoms with E-state index in [1.165, 1.54) is 37.8 Å². The summed E-state index contributed by atoms with van der Waals surface area (Å²) in [6.07, 6.45) is 6.96. The van der Waals surface area contributed by atoms with Gasteiger partial charge in [-0.2, -0.15) is 5.26 Å². The normalized spacial score (nSPS) is 24.2. The van der Waals surface area contributed by atoms with Crippen molar-refractivity contribution in [3.8, 4) is 6.07 Å². The molecule has 1 nitrogen and oxygen atoms in total. The number of benzene rings is 1. The Morgan fingerprint density at radius 2 is 1.88 bits per heavy atom. The smallest absolute Gasteiger partial charge is 0.123 e. The summed E-state index contributed by atoms with van der Waals surface area (Å²) >= 11 is 0. The number of nitrogens with zero attached hydrogens (tertiary/aromatic N) is 1. The van der Waals surface area contributed by atoms with Crippen molar-refractivity contribution >= 4 is 0 Å². The Morgan fingerprint density at radius 1 is 1.18 bits per heavy atom. The zero-order valence-electron chi connectivity index (χ0n) is 9.88. The molecule has 2 fully saturated rings. The zero-order chi connectivity index (χ0) is 11.9. The predicted molar refractivity (Wildman–Crippen MR) is 63.8 cm³/mol. The Balaban J connectivity index is 1.89. The summed E-state index contributed by atoms with van der Waals surface area (Å²) in [4.78, 5) is 0. The van der Waals surface area contributed by atoms with E-state index in [0.29, 0.717) is 5.41 Å². The van der Waals surface area contributed by atoms with Crippen LogP contribution in [0, 0.1) is 22.6 Å². The first-order valence-electron chi connectivity index (χ1n) is 6.36. The molecule has 88 valence electrons. The minimum absolute atomic E-state index is 0.232. The van der Waals surface area contributed by atoms with Gasteiger partial charge in [0.1, 0.15) is 5.82 Å². The van der Waals surface area contributed by atoms with Crippen molar-refractivity contribution in [2.45, 2.75) is 43.9 Å². The van der Waals surface area contributed by atoms with E-state index < -0.39 is 5.41 Å². The molecule has 0 N–H and O–H groups in total. The van der Waals surface area contributed by atoms with E-state index in [2.05, 4.69) is 6.07 Å². The molecular weight excluding hydrogens is 213 g/mol. The molecule has 2 heteroatoms. The molecule has 0 aliphatic heterocycles. The Bertz CT molecular complexity index is 472. The Hall–Kier alpha value is -1.36. The highest BCUT2D eigenvalue weighted by Gasteiger charge is 2.56. The molecule has 2 aliphatic rings. The van der Waals surface area contributed by atoms with Gasteiger partial charge in [-0.25, -0.2) is 4.39 Å². The van der Waals surface area contributed by atoms with Crippen LogP contribution in [0.3, 0.4) is 0 Å². The van der Waals surface area contributed by atoms with Gasteiger partial charge in [-0.05, 0) is 48.8 Å². The summed E-state index contributed by atoms with van der Waals surface area (Å²) in [7, 11) is 0. The molecule has 0 unspecified atom stereocenters. The fraction of sp³-hybridized carbons (Fsp3) is 0.533. The number of nitriles is 1. The molecule has 3 rings (SSSR count). The van der Waals surface area contributed by atoms with Crippen LogP contribution in [-0.2, 0) is 5.41 Å². The van der Waals surface area contributed by atoms with Crippen LogP contribution in [-0.4, -0.2) is 0 Å². The van der Waals surface area contributed by atoms with Crippen LogP contribution in [0.1, 0.15) is 44.1 Å². The quantitative estimate of drug-likeness (QED) is 0.715. The molecule has 2 saturated carbocycles. The fourth-order valence-electron chi connectivity index (χ4n) is 3.84. The van der Waals surface area contributed by atoms with Crippen LogP contribution in [0.25, 0.3) is 0 Å². The minimum Gasteiger partial charge on any atom is -0.207 e. The highest BCUT2D eigenvalue weighted by Crippen LogP contribution is 2.62. The number of halogens is 1. The maximum absolute atomic E-state index is 13.3. The molecule has 0 radical (unpaired) electrons. The van der Waals surface area contributed by atoms with E-state index in [-0.39, 0.29) is 5.82 Å². The average Bonchev–Trinajstić information content (AvgIpc) is 2.75. The molecule has 0 heterocycles. The first-order chi connectivity index (χ1) is 8.18. The van der Waals surface area contributed by atoms with Crippen molar-refractivity contribution in [1.82, 2.24) is 0 Å². The van der Waals surface area contributed by atoms with E-state index >= 15 is 0 Å². The highest BCUT2D eigenvalue weighted by atomic mass is 19.1. The van der Waals surface area contributed by atoms with Gasteiger partial charge < -0.3 is 0 Å². The monoisotopic (exact) mass is 229 g/mol. The van der Waals surface area contributed by atoms with Gasteiger partial charge in [0.25, 0.3) is 0 Å². The Kier molecular flexibility index (Phi) is 2.26. The van der Waals surface area contributed by atoms with Gasteiger partial charge in [-0.1, -0.05) is 25.0 Å². The lowest BCUT2D eigenvalue weighted by atomic mass is 9.50. The van der Waals surface area contributed by atoms with Crippen molar-refractivity contribution in [2.75, 3.05) is 0 Å². The maximum Gasteiger partial charge on any atom is 0.123 e. The first kappa shape index (κ1) is 10.8. The second-order valence-corrected chi connectivity index (χ2v) is 5.76. The van der Waals surface area contributed by atoms with Gasteiger partial charge in [-0.3, -0.25) is 0 Å². The molecule has 0 bridgehead atoms. The molecule has 17 heavy (non-hydrogen) atoms. The minimum atomic E-state index is -0.410. The third-order valence-electron chi connectivity index (χ3n) is 4.61. The fourth-order valence-corrected chi connectivity index (χ4v) is 3.84. The van der Waals surface area contributed by atoms with Crippen molar-refractivity contribution in [3.05, 3.63) is 35.6 Å². The number of hydrogen-bond donors (Lipinski definition) is 0. The summed E-state index contributed by atoms with van der Waals surface area (Å²) in [5.74, 6) is -0.232. The number of rotatable bonds is 1. The Labute approximate surface area is 101 Å². The van der Waals surface area contributed by atoms with Gasteiger partial charge in [-0.15, -0.1) is 0 Å². The van der Waals surface area contributed by atoms with Gasteiger partial charge in [0.2, 0.25) is 0 Å². The van der Waals surface area contributed by atoms with E-state index in [1.54, 1.807) is 6.07 Å². The molecule has 0 atom stereocenters. The lowest BCUT2D eigenvalue weighted by molar-refractivity contribution is 0.0646. The lowest BCUT2D eigenvalue weighted by Crippen LogP contribution is -2.47. The summed E-state index contributed by atoms with van der Waals surface area (Å²) in [6.45, 7) is 0. The molecule has 1 aromatic rings. The standard InChI is InChI=1S/C15H16FN/c16-13-5-3-4-12(8-13)15(11-17)9-14(10-15)6-1-2-7-14/h3-5,8H,1-2,6-7,9-10H2. The summed E-state index contributed by atoms with van der Waals surface area (Å²) in [6, 6.07) is 9.03. The average molecular weight is 229 g/mol. The topological polar surface area (TPSA) is 23.8 Å². The third-order valence-corrected chi connectivity index (χ3v) is 4.61. The zero-order valence-corrected chi connectivity index (χ0v) is 9.88. The third kappa shape index (κ3) is 1.57. The molecule has 1 aromatic carbocycles. The molecule has 0 aromatic heterocycles. The van der Waals surface area contributed by atoms with Crippen LogP contribution in [0.5, 0.6) is 0 Å². The second-order valence-electron chi connectivity index (χ2n) is 5.76. The van der Waals surface area contributed by atoms with Gasteiger partial charge in [0.15, 0.2) is 0 Å². The van der Waals surface area contributed by atoms with E-state index in [4.69, 9.17) is 0 Å². The molecule has 0 saturated heterocycles. The predicted octanol–water partition coefficient (Wildman–Crippen LogP) is 3.94.